The van der Waals surface area contributed by atoms with Crippen molar-refractivity contribution in [3.05, 3.63) is 30.3 Å². The summed E-state index contributed by atoms with van der Waals surface area (Å²) in [4.78, 5) is 4.43. The second kappa shape index (κ2) is 4.12. The number of hydrogen-bond donors (Lipinski definition) is 0. The Hall–Kier alpha value is -1.53. The van der Waals surface area contributed by atoms with Crippen molar-refractivity contribution in [2.24, 2.45) is 0 Å². The van der Waals surface area contributed by atoms with Crippen molar-refractivity contribution in [3.8, 4) is 6.07 Å². The Kier molecular flexibility index (Phi) is 2.66. The van der Waals surface area contributed by atoms with E-state index < -0.39 is 0 Å². The van der Waals surface area contributed by atoms with Gasteiger partial charge in [-0.1, -0.05) is 18.2 Å². The topological polar surface area (TPSA) is 30.3 Å². The number of nitrogens with zero attached hydrogens (tertiary/aromatic N) is 3. The molecule has 0 radical (unpaired) electrons. The third kappa shape index (κ3) is 1.86. The van der Waals surface area contributed by atoms with Gasteiger partial charge in [0.1, 0.15) is 0 Å². The van der Waals surface area contributed by atoms with Crippen LogP contribution in [-0.4, -0.2) is 31.2 Å². The van der Waals surface area contributed by atoms with Crippen molar-refractivity contribution < 1.29 is 0 Å². The van der Waals surface area contributed by atoms with E-state index >= 15 is 0 Å². The lowest BCUT2D eigenvalue weighted by Gasteiger charge is -2.18. The Morgan fingerprint density at radius 2 is 2.00 bits per heavy atom. The molecule has 2 rings (SSSR count). The summed E-state index contributed by atoms with van der Waals surface area (Å²) in [6, 6.07) is 12.5. The first kappa shape index (κ1) is 9.04. The minimum Gasteiger partial charge on any atom is -0.357 e. The summed E-state index contributed by atoms with van der Waals surface area (Å²) in [7, 11) is 0. The van der Waals surface area contributed by atoms with E-state index in [1.165, 1.54) is 5.69 Å². The molecule has 0 bridgehead atoms. The van der Waals surface area contributed by atoms with Gasteiger partial charge in [0, 0.05) is 18.8 Å². The Morgan fingerprint density at radius 3 is 2.71 bits per heavy atom. The Bertz CT molecular complexity index is 328. The summed E-state index contributed by atoms with van der Waals surface area (Å²) in [5, 5.41) is 8.57. The lowest BCUT2D eigenvalue weighted by Crippen LogP contribution is -2.25. The van der Waals surface area contributed by atoms with Gasteiger partial charge >= 0.3 is 0 Å². The van der Waals surface area contributed by atoms with Crippen LogP contribution in [0.4, 0.5) is 5.69 Å². The van der Waals surface area contributed by atoms with Gasteiger partial charge in [-0.2, -0.15) is 5.26 Å². The average Bonchev–Trinajstić information content (AvgIpc) is 2.68. The van der Waals surface area contributed by atoms with Crippen LogP contribution in [0.25, 0.3) is 0 Å². The van der Waals surface area contributed by atoms with Gasteiger partial charge in [-0.15, -0.1) is 0 Å². The first-order valence-electron chi connectivity index (χ1n) is 4.79. The highest BCUT2D eigenvalue weighted by Crippen LogP contribution is 2.16. The fourth-order valence-electron chi connectivity index (χ4n) is 1.72. The highest BCUT2D eigenvalue weighted by molar-refractivity contribution is 5.46. The van der Waals surface area contributed by atoms with Crippen molar-refractivity contribution in [1.82, 2.24) is 4.90 Å². The van der Waals surface area contributed by atoms with Crippen LogP contribution in [0.2, 0.25) is 0 Å². The van der Waals surface area contributed by atoms with E-state index in [0.29, 0.717) is 6.54 Å². The fraction of sp³-hybridized carbons (Fsp3) is 0.364. The standard InChI is InChI=1S/C11H13N3/c12-6-7-13-8-9-14(10-13)11-4-2-1-3-5-11/h1-5H,7-10H2. The van der Waals surface area contributed by atoms with Crippen molar-refractivity contribution in [2.45, 2.75) is 0 Å². The van der Waals surface area contributed by atoms with E-state index in [9.17, 15) is 0 Å². The average molecular weight is 187 g/mol. The SMILES string of the molecule is N#CCN1CCN(c2ccccc2)C1. The largest absolute Gasteiger partial charge is 0.357 e. The van der Waals surface area contributed by atoms with Gasteiger partial charge in [0.2, 0.25) is 0 Å². The summed E-state index contributed by atoms with van der Waals surface area (Å²) < 4.78 is 0. The first-order valence-corrected chi connectivity index (χ1v) is 4.79. The van der Waals surface area contributed by atoms with Crippen molar-refractivity contribution in [3.63, 3.8) is 0 Å². The number of hydrogen-bond acceptors (Lipinski definition) is 3. The van der Waals surface area contributed by atoms with Crippen LogP contribution in [0.1, 0.15) is 0 Å². The van der Waals surface area contributed by atoms with E-state index in [1.54, 1.807) is 0 Å². The molecule has 3 nitrogen and oxygen atoms in total. The van der Waals surface area contributed by atoms with E-state index in [2.05, 4.69) is 28.0 Å². The van der Waals surface area contributed by atoms with Gasteiger partial charge in [0.05, 0.1) is 19.3 Å². The zero-order chi connectivity index (χ0) is 9.80. The molecular weight excluding hydrogens is 174 g/mol. The molecule has 0 spiro atoms. The predicted molar refractivity (Wildman–Crippen MR) is 55.8 cm³/mol. The highest BCUT2D eigenvalue weighted by Gasteiger charge is 2.18. The molecule has 1 heterocycles. The van der Waals surface area contributed by atoms with Gasteiger partial charge < -0.3 is 4.90 Å². The zero-order valence-electron chi connectivity index (χ0n) is 8.06. The van der Waals surface area contributed by atoms with Crippen molar-refractivity contribution in [1.29, 1.82) is 5.26 Å². The summed E-state index contributed by atoms with van der Waals surface area (Å²) in [6.45, 7) is 3.41. The van der Waals surface area contributed by atoms with Crippen LogP contribution in [0.3, 0.4) is 0 Å². The maximum absolute atomic E-state index is 8.57. The third-order valence-corrected chi connectivity index (χ3v) is 2.47. The fourth-order valence-corrected chi connectivity index (χ4v) is 1.72. The maximum atomic E-state index is 8.57. The van der Waals surface area contributed by atoms with E-state index in [4.69, 9.17) is 5.26 Å². The van der Waals surface area contributed by atoms with Crippen molar-refractivity contribution >= 4 is 5.69 Å². The summed E-state index contributed by atoms with van der Waals surface area (Å²) in [5.41, 5.74) is 1.24. The van der Waals surface area contributed by atoms with E-state index in [-0.39, 0.29) is 0 Å². The molecule has 1 aliphatic rings. The van der Waals surface area contributed by atoms with Gasteiger partial charge in [-0.25, -0.2) is 0 Å². The molecule has 0 N–H and O–H groups in total. The molecule has 72 valence electrons. The second-order valence-corrected chi connectivity index (χ2v) is 3.45. The number of rotatable bonds is 2. The molecule has 1 aromatic carbocycles. The molecule has 3 heteroatoms. The summed E-state index contributed by atoms with van der Waals surface area (Å²) >= 11 is 0. The predicted octanol–water partition coefficient (Wildman–Crippen LogP) is 1.29. The van der Waals surface area contributed by atoms with Crippen LogP contribution in [0, 0.1) is 11.3 Å². The zero-order valence-corrected chi connectivity index (χ0v) is 8.06. The van der Waals surface area contributed by atoms with Crippen LogP contribution in [0.5, 0.6) is 0 Å². The quantitative estimate of drug-likeness (QED) is 0.653. The molecule has 1 aromatic rings. The second-order valence-electron chi connectivity index (χ2n) is 3.45. The molecule has 0 unspecified atom stereocenters. The van der Waals surface area contributed by atoms with Gasteiger partial charge in [0.15, 0.2) is 0 Å². The Balaban J connectivity index is 2.00. The molecule has 0 aromatic heterocycles. The molecule has 0 aliphatic carbocycles. The van der Waals surface area contributed by atoms with E-state index in [0.717, 1.165) is 19.8 Å². The molecule has 0 atom stereocenters. The summed E-state index contributed by atoms with van der Waals surface area (Å²) in [5.74, 6) is 0. The lowest BCUT2D eigenvalue weighted by molar-refractivity contribution is 0.384. The molecule has 0 amide bonds. The van der Waals surface area contributed by atoms with Gasteiger partial charge in [0.25, 0.3) is 0 Å². The van der Waals surface area contributed by atoms with Crippen LogP contribution in [0.15, 0.2) is 30.3 Å². The smallest absolute Gasteiger partial charge is 0.0880 e. The monoisotopic (exact) mass is 187 g/mol. The Labute approximate surface area is 84.2 Å². The minimum atomic E-state index is 0.531. The number of benzene rings is 1. The van der Waals surface area contributed by atoms with Gasteiger partial charge in [-0.3, -0.25) is 4.90 Å². The highest BCUT2D eigenvalue weighted by atomic mass is 15.4. The first-order chi connectivity index (χ1) is 6.90. The number of anilines is 1. The maximum Gasteiger partial charge on any atom is 0.0880 e. The van der Waals surface area contributed by atoms with Crippen molar-refractivity contribution in [2.75, 3.05) is 31.2 Å². The summed E-state index contributed by atoms with van der Waals surface area (Å²) in [6.07, 6.45) is 0. The van der Waals surface area contributed by atoms with E-state index in [1.807, 2.05) is 18.2 Å². The van der Waals surface area contributed by atoms with Crippen LogP contribution in [-0.2, 0) is 0 Å². The normalized spacial score (nSPS) is 16.9. The molecule has 1 fully saturated rings. The van der Waals surface area contributed by atoms with Crippen LogP contribution >= 0.6 is 0 Å². The molecule has 1 aliphatic heterocycles. The lowest BCUT2D eigenvalue weighted by atomic mass is 10.3. The number of para-hydroxylation sites is 1. The Morgan fingerprint density at radius 1 is 1.21 bits per heavy atom. The third-order valence-electron chi connectivity index (χ3n) is 2.47. The molecule has 1 saturated heterocycles. The molecule has 0 saturated carbocycles. The minimum absolute atomic E-state index is 0.531. The molecule has 14 heavy (non-hydrogen) atoms. The number of nitriles is 1. The van der Waals surface area contributed by atoms with Gasteiger partial charge in [-0.05, 0) is 12.1 Å². The van der Waals surface area contributed by atoms with Crippen LogP contribution < -0.4 is 4.90 Å². The molecular formula is C11H13N3.